The number of hydrogen-bond acceptors (Lipinski definition) is 4. The van der Waals surface area contributed by atoms with Gasteiger partial charge in [-0.1, -0.05) is 0 Å². The fourth-order valence-electron chi connectivity index (χ4n) is 2.44. The highest BCUT2D eigenvalue weighted by molar-refractivity contribution is 5.99. The molecule has 1 saturated heterocycles. The lowest BCUT2D eigenvalue weighted by atomic mass is 10.1. The first-order valence-corrected chi connectivity index (χ1v) is 6.85. The third kappa shape index (κ3) is 2.92. The Balaban J connectivity index is 1.93. The van der Waals surface area contributed by atoms with Crippen molar-refractivity contribution in [2.45, 2.75) is 26.2 Å². The topological polar surface area (TPSA) is 93.2 Å². The minimum atomic E-state index is -0.365. The molecule has 1 fully saturated rings. The number of hydrogen-bond donors (Lipinski definition) is 2. The molecule has 2 amide bonds. The van der Waals surface area contributed by atoms with Crippen molar-refractivity contribution in [3.05, 3.63) is 11.4 Å². The summed E-state index contributed by atoms with van der Waals surface area (Å²) in [7, 11) is 1.66. The van der Waals surface area contributed by atoms with Crippen LogP contribution in [0.4, 0.5) is 5.69 Å². The number of amides is 2. The summed E-state index contributed by atoms with van der Waals surface area (Å²) in [5.74, 6) is -0.411. The molecule has 7 heteroatoms. The number of nitrogens with zero attached hydrogens (tertiary/aromatic N) is 3. The number of aromatic nitrogens is 2. The first-order chi connectivity index (χ1) is 9.50. The maximum absolute atomic E-state index is 12.1. The number of carbonyl (C=O) groups is 2. The van der Waals surface area contributed by atoms with Gasteiger partial charge < -0.3 is 16.0 Å². The zero-order valence-corrected chi connectivity index (χ0v) is 12.0. The Kier molecular flexibility index (Phi) is 4.26. The average molecular weight is 279 g/mol. The molecule has 0 atom stereocenters. The van der Waals surface area contributed by atoms with Gasteiger partial charge in [0.1, 0.15) is 5.69 Å². The van der Waals surface area contributed by atoms with Crippen molar-refractivity contribution in [3.8, 4) is 0 Å². The van der Waals surface area contributed by atoms with Crippen LogP contribution in [0.5, 0.6) is 0 Å². The maximum atomic E-state index is 12.1. The Morgan fingerprint density at radius 3 is 2.50 bits per heavy atom. The molecule has 1 aliphatic rings. The van der Waals surface area contributed by atoms with Crippen molar-refractivity contribution < 1.29 is 9.59 Å². The fourth-order valence-corrected chi connectivity index (χ4v) is 2.44. The third-order valence-corrected chi connectivity index (χ3v) is 3.59. The van der Waals surface area contributed by atoms with Crippen molar-refractivity contribution in [2.75, 3.05) is 25.4 Å². The zero-order valence-electron chi connectivity index (χ0n) is 12.0. The Labute approximate surface area is 118 Å². The van der Waals surface area contributed by atoms with Crippen LogP contribution in [0.3, 0.4) is 0 Å². The van der Waals surface area contributed by atoms with Gasteiger partial charge in [-0.15, -0.1) is 0 Å². The Morgan fingerprint density at radius 1 is 1.30 bits per heavy atom. The lowest BCUT2D eigenvalue weighted by Gasteiger charge is -2.26. The fraction of sp³-hybridized carbons (Fsp3) is 0.615. The molecule has 0 bridgehead atoms. The van der Waals surface area contributed by atoms with E-state index < -0.39 is 0 Å². The van der Waals surface area contributed by atoms with E-state index in [0.29, 0.717) is 17.1 Å². The van der Waals surface area contributed by atoms with Gasteiger partial charge in [0.05, 0.1) is 17.9 Å². The second kappa shape index (κ2) is 5.94. The standard InChI is InChI=1S/C13H21N5O2/c1-9-11(14)12(17(2)16-9)13(20)15-8-10(19)18-6-4-3-5-7-18/h3-8,14H2,1-2H3,(H,15,20). The van der Waals surface area contributed by atoms with Gasteiger partial charge in [0.2, 0.25) is 5.91 Å². The predicted octanol–water partition coefficient (Wildman–Crippen LogP) is 0.0530. The summed E-state index contributed by atoms with van der Waals surface area (Å²) in [5, 5.41) is 6.70. The highest BCUT2D eigenvalue weighted by Crippen LogP contribution is 2.14. The quantitative estimate of drug-likeness (QED) is 0.817. The number of nitrogens with two attached hydrogens (primary N) is 1. The van der Waals surface area contributed by atoms with Crippen LogP contribution in [-0.2, 0) is 11.8 Å². The summed E-state index contributed by atoms with van der Waals surface area (Å²) in [5.41, 5.74) is 7.08. The molecule has 0 aliphatic carbocycles. The molecular formula is C13H21N5O2. The normalized spacial score (nSPS) is 15.2. The SMILES string of the molecule is Cc1nn(C)c(C(=O)NCC(=O)N2CCCCC2)c1N. The van der Waals surface area contributed by atoms with Crippen molar-refractivity contribution in [2.24, 2.45) is 7.05 Å². The van der Waals surface area contributed by atoms with Crippen molar-refractivity contribution in [1.82, 2.24) is 20.0 Å². The van der Waals surface area contributed by atoms with E-state index in [1.807, 2.05) is 0 Å². The van der Waals surface area contributed by atoms with Crippen molar-refractivity contribution in [1.29, 1.82) is 0 Å². The summed E-state index contributed by atoms with van der Waals surface area (Å²) < 4.78 is 1.44. The van der Waals surface area contributed by atoms with Crippen LogP contribution in [0.25, 0.3) is 0 Å². The van der Waals surface area contributed by atoms with E-state index >= 15 is 0 Å². The summed E-state index contributed by atoms with van der Waals surface area (Å²) >= 11 is 0. The van der Waals surface area contributed by atoms with E-state index in [-0.39, 0.29) is 18.4 Å². The molecule has 1 aliphatic heterocycles. The van der Waals surface area contributed by atoms with Crippen LogP contribution in [-0.4, -0.2) is 46.1 Å². The molecule has 0 aromatic carbocycles. The van der Waals surface area contributed by atoms with Crippen LogP contribution >= 0.6 is 0 Å². The number of carbonyl (C=O) groups excluding carboxylic acids is 2. The number of likely N-dealkylation sites (tertiary alicyclic amines) is 1. The van der Waals surface area contributed by atoms with Gasteiger partial charge in [-0.2, -0.15) is 5.10 Å². The Hall–Kier alpha value is -2.05. The number of anilines is 1. The Bertz CT molecular complexity index is 517. The molecule has 1 aromatic rings. The average Bonchev–Trinajstić information content (AvgIpc) is 2.70. The molecule has 1 aromatic heterocycles. The summed E-state index contributed by atoms with van der Waals surface area (Å²) in [6.07, 6.45) is 3.24. The van der Waals surface area contributed by atoms with Crippen molar-refractivity contribution >= 4 is 17.5 Å². The van der Waals surface area contributed by atoms with Crippen LogP contribution in [0.2, 0.25) is 0 Å². The first kappa shape index (κ1) is 14.4. The number of aryl methyl sites for hydroxylation is 2. The molecule has 3 N–H and O–H groups in total. The van der Waals surface area contributed by atoms with Gasteiger partial charge in [-0.3, -0.25) is 14.3 Å². The van der Waals surface area contributed by atoms with Gasteiger partial charge in [0, 0.05) is 20.1 Å². The highest BCUT2D eigenvalue weighted by Gasteiger charge is 2.20. The van der Waals surface area contributed by atoms with E-state index in [1.54, 1.807) is 18.9 Å². The van der Waals surface area contributed by atoms with Gasteiger partial charge >= 0.3 is 0 Å². The minimum absolute atomic E-state index is 0.00248. The van der Waals surface area contributed by atoms with E-state index in [4.69, 9.17) is 5.73 Å². The summed E-state index contributed by atoms with van der Waals surface area (Å²) in [4.78, 5) is 25.8. The molecule has 2 heterocycles. The maximum Gasteiger partial charge on any atom is 0.272 e. The largest absolute Gasteiger partial charge is 0.395 e. The molecule has 2 rings (SSSR count). The van der Waals surface area contributed by atoms with Crippen LogP contribution < -0.4 is 11.1 Å². The van der Waals surface area contributed by atoms with Gasteiger partial charge in [-0.05, 0) is 26.2 Å². The van der Waals surface area contributed by atoms with Crippen LogP contribution in [0.1, 0.15) is 35.4 Å². The molecular weight excluding hydrogens is 258 g/mol. The lowest BCUT2D eigenvalue weighted by molar-refractivity contribution is -0.130. The second-order valence-corrected chi connectivity index (χ2v) is 5.10. The molecule has 0 unspecified atom stereocenters. The van der Waals surface area contributed by atoms with E-state index in [1.165, 1.54) is 11.1 Å². The lowest BCUT2D eigenvalue weighted by Crippen LogP contribution is -2.42. The molecule has 7 nitrogen and oxygen atoms in total. The van der Waals surface area contributed by atoms with E-state index in [9.17, 15) is 9.59 Å². The van der Waals surface area contributed by atoms with Gasteiger partial charge in [-0.25, -0.2) is 0 Å². The molecule has 0 spiro atoms. The second-order valence-electron chi connectivity index (χ2n) is 5.10. The number of piperidine rings is 1. The van der Waals surface area contributed by atoms with E-state index in [0.717, 1.165) is 25.9 Å². The summed E-state index contributed by atoms with van der Waals surface area (Å²) in [6.45, 7) is 3.30. The number of nitrogen functional groups attached to an aromatic ring is 1. The number of rotatable bonds is 3. The molecule has 110 valence electrons. The monoisotopic (exact) mass is 279 g/mol. The highest BCUT2D eigenvalue weighted by atomic mass is 16.2. The third-order valence-electron chi connectivity index (χ3n) is 3.59. The molecule has 20 heavy (non-hydrogen) atoms. The van der Waals surface area contributed by atoms with Crippen LogP contribution in [0.15, 0.2) is 0 Å². The smallest absolute Gasteiger partial charge is 0.272 e. The Morgan fingerprint density at radius 2 is 1.95 bits per heavy atom. The zero-order chi connectivity index (χ0) is 14.7. The summed E-state index contributed by atoms with van der Waals surface area (Å²) in [6, 6.07) is 0. The minimum Gasteiger partial charge on any atom is -0.395 e. The van der Waals surface area contributed by atoms with Gasteiger partial charge in [0.25, 0.3) is 5.91 Å². The van der Waals surface area contributed by atoms with Crippen molar-refractivity contribution in [3.63, 3.8) is 0 Å². The predicted molar refractivity (Wildman–Crippen MR) is 75.1 cm³/mol. The molecule has 0 saturated carbocycles. The first-order valence-electron chi connectivity index (χ1n) is 6.85. The molecule has 0 radical (unpaired) electrons. The number of nitrogens with one attached hydrogen (secondary N) is 1. The van der Waals surface area contributed by atoms with Gasteiger partial charge in [0.15, 0.2) is 0 Å². The van der Waals surface area contributed by atoms with Crippen LogP contribution in [0, 0.1) is 6.92 Å². The van der Waals surface area contributed by atoms with E-state index in [2.05, 4.69) is 10.4 Å².